The SMILES string of the molecule is COC(=O)c1cc(NCc2ncc(C)o2)ccn1. The Morgan fingerprint density at radius 2 is 2.33 bits per heavy atom. The largest absolute Gasteiger partial charge is 0.464 e. The van der Waals surface area contributed by atoms with Crippen LogP contribution < -0.4 is 5.32 Å². The molecule has 0 bridgehead atoms. The van der Waals surface area contributed by atoms with Crippen LogP contribution in [0.2, 0.25) is 0 Å². The maximum Gasteiger partial charge on any atom is 0.356 e. The molecule has 18 heavy (non-hydrogen) atoms. The molecule has 0 aliphatic carbocycles. The number of pyridine rings is 1. The lowest BCUT2D eigenvalue weighted by atomic mass is 10.3. The average molecular weight is 247 g/mol. The highest BCUT2D eigenvalue weighted by atomic mass is 16.5. The predicted molar refractivity (Wildman–Crippen MR) is 64.1 cm³/mol. The molecule has 0 unspecified atom stereocenters. The Balaban J connectivity index is 2.03. The van der Waals surface area contributed by atoms with Crippen LogP contribution in [-0.2, 0) is 11.3 Å². The van der Waals surface area contributed by atoms with Gasteiger partial charge in [0.2, 0.25) is 5.89 Å². The number of rotatable bonds is 4. The molecule has 2 rings (SSSR count). The minimum Gasteiger partial charge on any atom is -0.464 e. The van der Waals surface area contributed by atoms with Crippen molar-refractivity contribution >= 4 is 11.7 Å². The number of aryl methyl sites for hydroxylation is 1. The Morgan fingerprint density at radius 1 is 1.50 bits per heavy atom. The van der Waals surface area contributed by atoms with Crippen molar-refractivity contribution in [3.8, 4) is 0 Å². The summed E-state index contributed by atoms with van der Waals surface area (Å²) >= 11 is 0. The number of nitrogens with zero attached hydrogens (tertiary/aromatic N) is 2. The molecule has 94 valence electrons. The molecule has 2 heterocycles. The van der Waals surface area contributed by atoms with Crippen molar-refractivity contribution in [1.82, 2.24) is 9.97 Å². The van der Waals surface area contributed by atoms with Gasteiger partial charge in [-0.3, -0.25) is 0 Å². The molecule has 1 N–H and O–H groups in total. The van der Waals surface area contributed by atoms with Crippen molar-refractivity contribution in [2.24, 2.45) is 0 Å². The molecule has 0 saturated heterocycles. The molecule has 6 nitrogen and oxygen atoms in total. The molecule has 0 aromatic carbocycles. The van der Waals surface area contributed by atoms with Gasteiger partial charge in [0.25, 0.3) is 0 Å². The maximum absolute atomic E-state index is 11.3. The predicted octanol–water partition coefficient (Wildman–Crippen LogP) is 1.78. The molecule has 0 fully saturated rings. The van der Waals surface area contributed by atoms with E-state index < -0.39 is 5.97 Å². The van der Waals surface area contributed by atoms with Crippen LogP contribution in [-0.4, -0.2) is 23.0 Å². The minimum absolute atomic E-state index is 0.256. The smallest absolute Gasteiger partial charge is 0.356 e. The topological polar surface area (TPSA) is 77.2 Å². The van der Waals surface area contributed by atoms with Crippen LogP contribution in [0.15, 0.2) is 28.9 Å². The zero-order valence-corrected chi connectivity index (χ0v) is 10.1. The van der Waals surface area contributed by atoms with Gasteiger partial charge in [-0.05, 0) is 19.1 Å². The van der Waals surface area contributed by atoms with Crippen LogP contribution in [0, 0.1) is 6.92 Å². The summed E-state index contributed by atoms with van der Waals surface area (Å²) in [6.07, 6.45) is 3.19. The number of hydrogen-bond acceptors (Lipinski definition) is 6. The van der Waals surface area contributed by atoms with E-state index in [0.717, 1.165) is 11.4 Å². The van der Waals surface area contributed by atoms with E-state index in [0.29, 0.717) is 12.4 Å². The molecule has 2 aromatic heterocycles. The van der Waals surface area contributed by atoms with Crippen LogP contribution in [0.5, 0.6) is 0 Å². The van der Waals surface area contributed by atoms with Gasteiger partial charge in [0.1, 0.15) is 11.5 Å². The second-order valence-electron chi connectivity index (χ2n) is 3.64. The summed E-state index contributed by atoms with van der Waals surface area (Å²) in [6, 6.07) is 3.36. The van der Waals surface area contributed by atoms with Crippen molar-refractivity contribution in [3.05, 3.63) is 41.9 Å². The number of ether oxygens (including phenoxy) is 1. The van der Waals surface area contributed by atoms with E-state index in [1.807, 2.05) is 6.92 Å². The van der Waals surface area contributed by atoms with E-state index in [2.05, 4.69) is 20.0 Å². The third-order valence-corrected chi connectivity index (χ3v) is 2.27. The lowest BCUT2D eigenvalue weighted by Gasteiger charge is -2.04. The number of oxazole rings is 1. The number of anilines is 1. The van der Waals surface area contributed by atoms with Crippen LogP contribution in [0.4, 0.5) is 5.69 Å². The Kier molecular flexibility index (Phi) is 3.57. The molecule has 0 atom stereocenters. The molecular formula is C12H13N3O3. The van der Waals surface area contributed by atoms with Gasteiger partial charge in [-0.2, -0.15) is 0 Å². The van der Waals surface area contributed by atoms with Gasteiger partial charge in [0.05, 0.1) is 19.9 Å². The van der Waals surface area contributed by atoms with Gasteiger partial charge < -0.3 is 14.5 Å². The number of hydrogen-bond donors (Lipinski definition) is 1. The third-order valence-electron chi connectivity index (χ3n) is 2.27. The first kappa shape index (κ1) is 12.1. The summed E-state index contributed by atoms with van der Waals surface area (Å²) < 4.78 is 9.92. The second kappa shape index (κ2) is 5.31. The average Bonchev–Trinajstić information content (AvgIpc) is 2.81. The fourth-order valence-electron chi connectivity index (χ4n) is 1.42. The third kappa shape index (κ3) is 2.85. The minimum atomic E-state index is -0.467. The van der Waals surface area contributed by atoms with Gasteiger partial charge >= 0.3 is 5.97 Å². The molecule has 0 aliphatic heterocycles. The van der Waals surface area contributed by atoms with Crippen molar-refractivity contribution < 1.29 is 13.9 Å². The molecule has 0 amide bonds. The summed E-state index contributed by atoms with van der Waals surface area (Å²) in [5, 5.41) is 3.09. The van der Waals surface area contributed by atoms with E-state index in [4.69, 9.17) is 4.42 Å². The summed E-state index contributed by atoms with van der Waals surface area (Å²) in [5.41, 5.74) is 1.01. The summed E-state index contributed by atoms with van der Waals surface area (Å²) in [7, 11) is 1.32. The molecule has 0 saturated carbocycles. The molecule has 0 radical (unpaired) electrons. The molecule has 0 aliphatic rings. The number of nitrogens with one attached hydrogen (secondary N) is 1. The first-order chi connectivity index (χ1) is 8.69. The Labute approximate surface area is 104 Å². The lowest BCUT2D eigenvalue weighted by molar-refractivity contribution is 0.0594. The standard InChI is InChI=1S/C12H13N3O3/c1-8-6-15-11(18-8)7-14-9-3-4-13-10(5-9)12(16)17-2/h3-6H,7H2,1-2H3,(H,13,14). The number of methoxy groups -OCH3 is 1. The van der Waals surface area contributed by atoms with E-state index >= 15 is 0 Å². The number of carbonyl (C=O) groups excluding carboxylic acids is 1. The van der Waals surface area contributed by atoms with Crippen LogP contribution in [0.3, 0.4) is 0 Å². The molecular weight excluding hydrogens is 234 g/mol. The zero-order chi connectivity index (χ0) is 13.0. The Bertz CT molecular complexity index is 551. The van der Waals surface area contributed by atoms with Gasteiger partial charge in [-0.25, -0.2) is 14.8 Å². The highest BCUT2D eigenvalue weighted by molar-refractivity contribution is 5.88. The van der Waals surface area contributed by atoms with E-state index in [1.54, 1.807) is 18.3 Å². The van der Waals surface area contributed by atoms with Crippen LogP contribution >= 0.6 is 0 Å². The summed E-state index contributed by atoms with van der Waals surface area (Å²) in [6.45, 7) is 2.27. The quantitative estimate of drug-likeness (QED) is 0.830. The fourth-order valence-corrected chi connectivity index (χ4v) is 1.42. The Morgan fingerprint density at radius 3 is 3.00 bits per heavy atom. The number of esters is 1. The van der Waals surface area contributed by atoms with E-state index in [9.17, 15) is 4.79 Å². The number of carbonyl (C=O) groups is 1. The molecule has 0 spiro atoms. The monoisotopic (exact) mass is 247 g/mol. The maximum atomic E-state index is 11.3. The second-order valence-corrected chi connectivity index (χ2v) is 3.64. The zero-order valence-electron chi connectivity index (χ0n) is 10.1. The van der Waals surface area contributed by atoms with Crippen molar-refractivity contribution in [2.75, 3.05) is 12.4 Å². The lowest BCUT2D eigenvalue weighted by Crippen LogP contribution is -2.06. The normalized spacial score (nSPS) is 10.1. The first-order valence-corrected chi connectivity index (χ1v) is 5.38. The van der Waals surface area contributed by atoms with Gasteiger partial charge in [-0.1, -0.05) is 0 Å². The fraction of sp³-hybridized carbons (Fsp3) is 0.250. The molecule has 6 heteroatoms. The summed E-state index contributed by atoms with van der Waals surface area (Å²) in [4.78, 5) is 19.3. The van der Waals surface area contributed by atoms with Gasteiger partial charge in [0, 0.05) is 11.9 Å². The Hall–Kier alpha value is -2.37. The van der Waals surface area contributed by atoms with Crippen molar-refractivity contribution in [1.29, 1.82) is 0 Å². The van der Waals surface area contributed by atoms with Crippen molar-refractivity contribution in [3.63, 3.8) is 0 Å². The van der Waals surface area contributed by atoms with E-state index in [-0.39, 0.29) is 5.69 Å². The van der Waals surface area contributed by atoms with Gasteiger partial charge in [0.15, 0.2) is 0 Å². The van der Waals surface area contributed by atoms with Crippen molar-refractivity contribution in [2.45, 2.75) is 13.5 Å². The first-order valence-electron chi connectivity index (χ1n) is 5.38. The number of aromatic nitrogens is 2. The highest BCUT2D eigenvalue weighted by Crippen LogP contribution is 2.11. The molecule has 2 aromatic rings. The van der Waals surface area contributed by atoms with Crippen LogP contribution in [0.25, 0.3) is 0 Å². The van der Waals surface area contributed by atoms with E-state index in [1.165, 1.54) is 13.3 Å². The summed E-state index contributed by atoms with van der Waals surface area (Å²) in [5.74, 6) is 0.881. The van der Waals surface area contributed by atoms with Gasteiger partial charge in [-0.15, -0.1) is 0 Å². The highest BCUT2D eigenvalue weighted by Gasteiger charge is 2.07. The van der Waals surface area contributed by atoms with Crippen LogP contribution in [0.1, 0.15) is 22.1 Å².